The third-order valence-corrected chi connectivity index (χ3v) is 6.89. The molecule has 0 bridgehead atoms. The Balaban J connectivity index is 1.60. The molecule has 0 unspecified atom stereocenters. The highest BCUT2D eigenvalue weighted by Crippen LogP contribution is 2.29. The molecule has 0 atom stereocenters. The number of halogens is 1. The molecule has 1 aliphatic heterocycles. The third-order valence-electron chi connectivity index (χ3n) is 3.79. The van der Waals surface area contributed by atoms with Gasteiger partial charge < -0.3 is 15.5 Å². The van der Waals surface area contributed by atoms with Crippen LogP contribution in [0.1, 0.15) is 0 Å². The second-order valence-electron chi connectivity index (χ2n) is 5.74. The molecule has 27 heavy (non-hydrogen) atoms. The lowest BCUT2D eigenvalue weighted by Gasteiger charge is -2.29. The van der Waals surface area contributed by atoms with Crippen molar-refractivity contribution in [2.45, 2.75) is 4.21 Å². The number of thiophene rings is 1. The highest BCUT2D eigenvalue weighted by atomic mass is 35.5. The van der Waals surface area contributed by atoms with E-state index in [0.29, 0.717) is 29.5 Å². The summed E-state index contributed by atoms with van der Waals surface area (Å²) in [6.45, 7) is 1.00. The van der Waals surface area contributed by atoms with Gasteiger partial charge in [-0.25, -0.2) is 13.1 Å². The number of nitrogens with zero attached hydrogens (tertiary/aromatic N) is 1. The molecule has 1 aliphatic rings. The molecule has 8 nitrogen and oxygen atoms in total. The van der Waals surface area contributed by atoms with Crippen LogP contribution in [-0.2, 0) is 19.6 Å². The molecule has 3 N–H and O–H groups in total. The van der Waals surface area contributed by atoms with Crippen molar-refractivity contribution >= 4 is 56.2 Å². The van der Waals surface area contributed by atoms with E-state index in [2.05, 4.69) is 15.4 Å². The molecule has 1 saturated heterocycles. The third kappa shape index (κ3) is 4.98. The number of nitrogens with one attached hydrogen (secondary N) is 3. The number of hydrogen-bond acceptors (Lipinski definition) is 6. The Hall–Kier alpha value is -2.14. The van der Waals surface area contributed by atoms with Crippen molar-refractivity contribution < 1.29 is 18.0 Å². The van der Waals surface area contributed by atoms with E-state index < -0.39 is 22.5 Å². The Bertz CT molecular complexity index is 947. The summed E-state index contributed by atoms with van der Waals surface area (Å²) in [5.74, 6) is -0.594. The number of anilines is 2. The van der Waals surface area contributed by atoms with E-state index in [4.69, 9.17) is 11.6 Å². The number of sulfonamides is 1. The summed E-state index contributed by atoms with van der Waals surface area (Å²) in [5.41, 5.74) is 1.13. The first-order valence-corrected chi connectivity index (χ1v) is 10.7. The predicted octanol–water partition coefficient (Wildman–Crippen LogP) is 1.25. The zero-order chi connectivity index (χ0) is 19.4. The minimum atomic E-state index is -3.70. The van der Waals surface area contributed by atoms with Gasteiger partial charge in [0.2, 0.25) is 11.8 Å². The van der Waals surface area contributed by atoms with Crippen LogP contribution in [0.5, 0.6) is 0 Å². The Morgan fingerprint density at radius 2 is 2.15 bits per heavy atom. The topological polar surface area (TPSA) is 108 Å². The van der Waals surface area contributed by atoms with Crippen molar-refractivity contribution in [2.75, 3.05) is 36.4 Å². The van der Waals surface area contributed by atoms with Gasteiger partial charge in [0.25, 0.3) is 10.0 Å². The van der Waals surface area contributed by atoms with Gasteiger partial charge in [-0.15, -0.1) is 11.3 Å². The molecule has 1 aromatic carbocycles. The van der Waals surface area contributed by atoms with Gasteiger partial charge >= 0.3 is 0 Å². The highest BCUT2D eigenvalue weighted by molar-refractivity contribution is 7.91. The number of hydrogen-bond donors (Lipinski definition) is 3. The minimum absolute atomic E-state index is 0.0762. The molecule has 0 radical (unpaired) electrons. The smallest absolute Gasteiger partial charge is 0.250 e. The summed E-state index contributed by atoms with van der Waals surface area (Å²) in [5, 5.41) is 7.37. The average Bonchev–Trinajstić information content (AvgIpc) is 3.16. The summed E-state index contributed by atoms with van der Waals surface area (Å²) < 4.78 is 26.4. The molecular formula is C16H17ClN4O4S2. The molecule has 144 valence electrons. The average molecular weight is 429 g/mol. The molecule has 2 heterocycles. The van der Waals surface area contributed by atoms with Gasteiger partial charge in [-0.3, -0.25) is 9.59 Å². The van der Waals surface area contributed by atoms with Crippen molar-refractivity contribution in [3.05, 3.63) is 40.7 Å². The fourth-order valence-electron chi connectivity index (χ4n) is 2.54. The van der Waals surface area contributed by atoms with Gasteiger partial charge in [-0.1, -0.05) is 17.7 Å². The SMILES string of the molecule is O=C1CN(c2ccc(NC(=O)CNS(=O)(=O)c3cccs3)cc2Cl)CCN1. The number of carbonyl (C=O) groups excluding carboxylic acids is 2. The summed E-state index contributed by atoms with van der Waals surface area (Å²) in [6.07, 6.45) is 0. The first-order valence-electron chi connectivity index (χ1n) is 7.99. The van der Waals surface area contributed by atoms with Crippen LogP contribution in [-0.4, -0.2) is 46.4 Å². The maximum absolute atomic E-state index is 12.0. The molecule has 0 aliphatic carbocycles. The predicted molar refractivity (Wildman–Crippen MR) is 105 cm³/mol. The first-order chi connectivity index (χ1) is 12.8. The lowest BCUT2D eigenvalue weighted by atomic mass is 10.2. The maximum Gasteiger partial charge on any atom is 0.250 e. The molecule has 0 saturated carbocycles. The van der Waals surface area contributed by atoms with Crippen molar-refractivity contribution in [3.63, 3.8) is 0 Å². The Labute approximate surface area is 165 Å². The van der Waals surface area contributed by atoms with E-state index in [1.54, 1.807) is 29.6 Å². The molecule has 1 fully saturated rings. The van der Waals surface area contributed by atoms with Gasteiger partial charge in [0, 0.05) is 18.8 Å². The second-order valence-corrected chi connectivity index (χ2v) is 9.09. The van der Waals surface area contributed by atoms with Crippen LogP contribution in [0.25, 0.3) is 0 Å². The molecular weight excluding hydrogens is 412 g/mol. The second kappa shape index (κ2) is 8.26. The fourth-order valence-corrected chi connectivity index (χ4v) is 4.86. The maximum atomic E-state index is 12.0. The zero-order valence-electron chi connectivity index (χ0n) is 14.1. The standard InChI is InChI=1S/C16H17ClN4O4S2/c17-12-8-11(3-4-13(12)21-6-5-18-15(23)10-21)20-14(22)9-19-27(24,25)16-2-1-7-26-16/h1-4,7-8,19H,5-6,9-10H2,(H,18,23)(H,20,22). The molecule has 3 rings (SSSR count). The van der Waals surface area contributed by atoms with E-state index in [-0.39, 0.29) is 16.7 Å². The Morgan fingerprint density at radius 3 is 2.81 bits per heavy atom. The van der Waals surface area contributed by atoms with Gasteiger partial charge in [-0.05, 0) is 29.6 Å². The number of carbonyl (C=O) groups is 2. The monoisotopic (exact) mass is 428 g/mol. The van der Waals surface area contributed by atoms with E-state index in [1.165, 1.54) is 6.07 Å². The summed E-state index contributed by atoms with van der Waals surface area (Å²) in [4.78, 5) is 25.4. The molecule has 1 aromatic heterocycles. The van der Waals surface area contributed by atoms with Crippen molar-refractivity contribution in [1.82, 2.24) is 10.0 Å². The summed E-state index contributed by atoms with van der Waals surface area (Å²) in [7, 11) is -3.70. The lowest BCUT2D eigenvalue weighted by molar-refractivity contribution is -0.120. The van der Waals surface area contributed by atoms with Crippen LogP contribution in [0.2, 0.25) is 5.02 Å². The first kappa shape index (κ1) is 19.6. The largest absolute Gasteiger partial charge is 0.359 e. The molecule has 2 aromatic rings. The van der Waals surface area contributed by atoms with Crippen LogP contribution < -0.4 is 20.3 Å². The number of rotatable bonds is 6. The number of benzene rings is 1. The number of amides is 2. The lowest BCUT2D eigenvalue weighted by Crippen LogP contribution is -2.47. The summed E-state index contributed by atoms with van der Waals surface area (Å²) in [6, 6.07) is 8.01. The Kier molecular flexibility index (Phi) is 6.00. The van der Waals surface area contributed by atoms with Gasteiger partial charge in [-0.2, -0.15) is 0 Å². The summed E-state index contributed by atoms with van der Waals surface area (Å²) >= 11 is 7.35. The normalized spacial score (nSPS) is 14.7. The highest BCUT2D eigenvalue weighted by Gasteiger charge is 2.19. The minimum Gasteiger partial charge on any atom is -0.359 e. The molecule has 0 spiro atoms. The quantitative estimate of drug-likeness (QED) is 0.642. The van der Waals surface area contributed by atoms with E-state index >= 15 is 0 Å². The van der Waals surface area contributed by atoms with Crippen LogP contribution >= 0.6 is 22.9 Å². The van der Waals surface area contributed by atoms with Gasteiger partial charge in [0.15, 0.2) is 0 Å². The van der Waals surface area contributed by atoms with E-state index in [0.717, 1.165) is 11.3 Å². The van der Waals surface area contributed by atoms with Crippen LogP contribution in [0.4, 0.5) is 11.4 Å². The Morgan fingerprint density at radius 1 is 1.33 bits per heavy atom. The van der Waals surface area contributed by atoms with Crippen LogP contribution in [0, 0.1) is 0 Å². The fraction of sp³-hybridized carbons (Fsp3) is 0.250. The zero-order valence-corrected chi connectivity index (χ0v) is 16.5. The van der Waals surface area contributed by atoms with E-state index in [1.807, 2.05) is 4.90 Å². The molecule has 11 heteroatoms. The van der Waals surface area contributed by atoms with Gasteiger partial charge in [0.1, 0.15) is 4.21 Å². The van der Waals surface area contributed by atoms with E-state index in [9.17, 15) is 18.0 Å². The number of piperazine rings is 1. The van der Waals surface area contributed by atoms with Crippen molar-refractivity contribution in [2.24, 2.45) is 0 Å². The molecule has 2 amide bonds. The van der Waals surface area contributed by atoms with Crippen LogP contribution in [0.15, 0.2) is 39.9 Å². The van der Waals surface area contributed by atoms with Crippen molar-refractivity contribution in [1.29, 1.82) is 0 Å². The van der Waals surface area contributed by atoms with Crippen molar-refractivity contribution in [3.8, 4) is 0 Å². The van der Waals surface area contributed by atoms with Gasteiger partial charge in [0.05, 0.1) is 23.8 Å². The van der Waals surface area contributed by atoms with Crippen LogP contribution in [0.3, 0.4) is 0 Å².